The second-order valence-electron chi connectivity index (χ2n) is 5.79. The van der Waals surface area contributed by atoms with E-state index in [4.69, 9.17) is 23.7 Å². The Morgan fingerprint density at radius 2 is 1.68 bits per heavy atom. The SMILES string of the molecule is COc1cc(/C=C2/N=C(CCOc3ccccc3)OC2=O)cc(OC)c1OC. The van der Waals surface area contributed by atoms with Crippen molar-refractivity contribution in [3.05, 3.63) is 53.7 Å². The van der Waals surface area contributed by atoms with Gasteiger partial charge in [0.05, 0.1) is 34.4 Å². The highest BCUT2D eigenvalue weighted by molar-refractivity contribution is 6.07. The van der Waals surface area contributed by atoms with E-state index < -0.39 is 5.97 Å². The molecule has 0 radical (unpaired) electrons. The average Bonchev–Trinajstić information content (AvgIpc) is 3.07. The summed E-state index contributed by atoms with van der Waals surface area (Å²) in [5.74, 6) is 2.01. The number of ether oxygens (including phenoxy) is 5. The van der Waals surface area contributed by atoms with E-state index in [1.807, 2.05) is 30.3 Å². The van der Waals surface area contributed by atoms with Crippen LogP contribution in [0.4, 0.5) is 0 Å². The number of methoxy groups -OCH3 is 3. The molecule has 2 aromatic rings. The molecule has 3 rings (SSSR count). The number of carbonyl (C=O) groups is 1. The Hall–Kier alpha value is -3.48. The van der Waals surface area contributed by atoms with Gasteiger partial charge in [-0.15, -0.1) is 0 Å². The van der Waals surface area contributed by atoms with Crippen molar-refractivity contribution in [1.29, 1.82) is 0 Å². The summed E-state index contributed by atoms with van der Waals surface area (Å²) < 4.78 is 26.8. The zero-order valence-electron chi connectivity index (χ0n) is 15.9. The number of nitrogens with zero attached hydrogens (tertiary/aromatic N) is 1. The largest absolute Gasteiger partial charge is 0.493 e. The summed E-state index contributed by atoms with van der Waals surface area (Å²) in [6.07, 6.45) is 1.99. The maximum Gasteiger partial charge on any atom is 0.363 e. The van der Waals surface area contributed by atoms with Crippen molar-refractivity contribution >= 4 is 17.9 Å². The highest BCUT2D eigenvalue weighted by atomic mass is 16.6. The molecule has 0 bridgehead atoms. The molecule has 0 aliphatic carbocycles. The third-order valence-electron chi connectivity index (χ3n) is 3.98. The maximum atomic E-state index is 12.1. The molecule has 0 spiro atoms. The minimum Gasteiger partial charge on any atom is -0.493 e. The number of para-hydroxylation sites is 1. The minimum atomic E-state index is -0.511. The lowest BCUT2D eigenvalue weighted by molar-refractivity contribution is -0.130. The topological polar surface area (TPSA) is 75.6 Å². The Morgan fingerprint density at radius 1 is 1.00 bits per heavy atom. The van der Waals surface area contributed by atoms with Crippen molar-refractivity contribution < 1.29 is 28.5 Å². The molecular weight excluding hydrogens is 362 g/mol. The summed E-state index contributed by atoms with van der Waals surface area (Å²) in [7, 11) is 4.59. The number of aliphatic imine (C=N–C) groups is 1. The van der Waals surface area contributed by atoms with Gasteiger partial charge in [-0.1, -0.05) is 18.2 Å². The van der Waals surface area contributed by atoms with Gasteiger partial charge in [-0.05, 0) is 35.9 Å². The molecule has 0 unspecified atom stereocenters. The molecular formula is C21H21NO6. The number of benzene rings is 2. The molecule has 7 nitrogen and oxygen atoms in total. The first-order chi connectivity index (χ1) is 13.6. The van der Waals surface area contributed by atoms with Crippen LogP contribution in [-0.4, -0.2) is 39.8 Å². The maximum absolute atomic E-state index is 12.1. The van der Waals surface area contributed by atoms with Crippen LogP contribution in [0.15, 0.2) is 53.2 Å². The van der Waals surface area contributed by atoms with Crippen LogP contribution in [0.25, 0.3) is 6.08 Å². The van der Waals surface area contributed by atoms with Gasteiger partial charge in [-0.3, -0.25) is 0 Å². The fourth-order valence-electron chi connectivity index (χ4n) is 2.68. The molecule has 146 valence electrons. The molecule has 0 saturated heterocycles. The van der Waals surface area contributed by atoms with E-state index >= 15 is 0 Å². The van der Waals surface area contributed by atoms with Crippen LogP contribution in [-0.2, 0) is 9.53 Å². The lowest BCUT2D eigenvalue weighted by atomic mass is 10.1. The highest BCUT2D eigenvalue weighted by Crippen LogP contribution is 2.39. The highest BCUT2D eigenvalue weighted by Gasteiger charge is 2.23. The van der Waals surface area contributed by atoms with Gasteiger partial charge < -0.3 is 23.7 Å². The second kappa shape index (κ2) is 8.94. The molecule has 0 N–H and O–H groups in total. The van der Waals surface area contributed by atoms with Crippen molar-refractivity contribution in [3.63, 3.8) is 0 Å². The first-order valence-electron chi connectivity index (χ1n) is 8.64. The monoisotopic (exact) mass is 383 g/mol. The molecule has 0 aromatic heterocycles. The Bertz CT molecular complexity index is 879. The molecule has 0 fully saturated rings. The molecule has 0 saturated carbocycles. The smallest absolute Gasteiger partial charge is 0.363 e. The normalized spacial score (nSPS) is 14.5. The predicted octanol–water partition coefficient (Wildman–Crippen LogP) is 3.48. The van der Waals surface area contributed by atoms with E-state index in [9.17, 15) is 4.79 Å². The van der Waals surface area contributed by atoms with E-state index in [1.165, 1.54) is 21.3 Å². The molecule has 1 aliphatic heterocycles. The van der Waals surface area contributed by atoms with Gasteiger partial charge in [0.15, 0.2) is 17.2 Å². The van der Waals surface area contributed by atoms with Crippen LogP contribution < -0.4 is 18.9 Å². The van der Waals surface area contributed by atoms with Crippen molar-refractivity contribution in [2.45, 2.75) is 6.42 Å². The van der Waals surface area contributed by atoms with Crippen LogP contribution in [0.3, 0.4) is 0 Å². The third-order valence-corrected chi connectivity index (χ3v) is 3.98. The number of hydrogen-bond acceptors (Lipinski definition) is 7. The first-order valence-corrected chi connectivity index (χ1v) is 8.64. The number of cyclic esters (lactones) is 1. The minimum absolute atomic E-state index is 0.198. The van der Waals surface area contributed by atoms with Crippen LogP contribution >= 0.6 is 0 Å². The lowest BCUT2D eigenvalue weighted by Crippen LogP contribution is -2.08. The molecule has 2 aromatic carbocycles. The van der Waals surface area contributed by atoms with Gasteiger partial charge in [0.1, 0.15) is 5.75 Å². The van der Waals surface area contributed by atoms with Gasteiger partial charge in [-0.2, -0.15) is 0 Å². The summed E-state index contributed by atoms with van der Waals surface area (Å²) >= 11 is 0. The Balaban J connectivity index is 1.73. The zero-order chi connectivity index (χ0) is 19.9. The van der Waals surface area contributed by atoms with Gasteiger partial charge in [0.2, 0.25) is 11.6 Å². The predicted molar refractivity (Wildman–Crippen MR) is 104 cm³/mol. The summed E-state index contributed by atoms with van der Waals surface area (Å²) in [6, 6.07) is 12.9. The van der Waals surface area contributed by atoms with Crippen molar-refractivity contribution in [2.24, 2.45) is 4.99 Å². The fourth-order valence-corrected chi connectivity index (χ4v) is 2.68. The first kappa shape index (κ1) is 19.3. The quantitative estimate of drug-likeness (QED) is 0.513. The van der Waals surface area contributed by atoms with Crippen LogP contribution in [0.2, 0.25) is 0 Å². The van der Waals surface area contributed by atoms with E-state index in [-0.39, 0.29) is 5.70 Å². The molecule has 1 heterocycles. The van der Waals surface area contributed by atoms with E-state index in [1.54, 1.807) is 18.2 Å². The molecule has 28 heavy (non-hydrogen) atoms. The van der Waals surface area contributed by atoms with Crippen molar-refractivity contribution in [1.82, 2.24) is 0 Å². The van der Waals surface area contributed by atoms with Gasteiger partial charge in [-0.25, -0.2) is 9.79 Å². The van der Waals surface area contributed by atoms with Crippen LogP contribution in [0, 0.1) is 0 Å². The molecule has 7 heteroatoms. The number of esters is 1. The molecule has 1 aliphatic rings. The van der Waals surface area contributed by atoms with Gasteiger partial charge in [0.25, 0.3) is 0 Å². The van der Waals surface area contributed by atoms with Crippen molar-refractivity contribution in [3.8, 4) is 23.0 Å². The van der Waals surface area contributed by atoms with Gasteiger partial charge >= 0.3 is 5.97 Å². The number of rotatable bonds is 8. The summed E-state index contributed by atoms with van der Waals surface area (Å²) in [5, 5.41) is 0. The standard InChI is InChI=1S/C21H21NO6/c1-24-17-12-14(13-18(25-2)20(17)26-3)11-16-21(23)28-19(22-16)9-10-27-15-7-5-4-6-8-15/h4-8,11-13H,9-10H2,1-3H3/b16-11+. The molecule has 0 amide bonds. The van der Waals surface area contributed by atoms with E-state index in [2.05, 4.69) is 4.99 Å². The van der Waals surface area contributed by atoms with Crippen molar-refractivity contribution in [2.75, 3.05) is 27.9 Å². The second-order valence-corrected chi connectivity index (χ2v) is 5.79. The summed E-state index contributed by atoms with van der Waals surface area (Å²) in [6.45, 7) is 0.355. The third kappa shape index (κ3) is 4.43. The van der Waals surface area contributed by atoms with Crippen LogP contribution in [0.1, 0.15) is 12.0 Å². The number of hydrogen-bond donors (Lipinski definition) is 0. The van der Waals surface area contributed by atoms with Gasteiger partial charge in [0, 0.05) is 0 Å². The zero-order valence-corrected chi connectivity index (χ0v) is 15.9. The number of carbonyl (C=O) groups excluding carboxylic acids is 1. The summed E-state index contributed by atoms with van der Waals surface area (Å²) in [5.41, 5.74) is 0.871. The molecule has 0 atom stereocenters. The van der Waals surface area contributed by atoms with Crippen LogP contribution in [0.5, 0.6) is 23.0 Å². The Morgan fingerprint density at radius 3 is 2.29 bits per heavy atom. The van der Waals surface area contributed by atoms with E-state index in [0.717, 1.165) is 5.75 Å². The lowest BCUT2D eigenvalue weighted by Gasteiger charge is -2.12. The average molecular weight is 383 g/mol. The Labute approximate surface area is 163 Å². The summed E-state index contributed by atoms with van der Waals surface area (Å²) in [4.78, 5) is 16.4. The Kier molecular flexibility index (Phi) is 6.16. The fraction of sp³-hybridized carbons (Fsp3) is 0.238. The van der Waals surface area contributed by atoms with E-state index in [0.29, 0.717) is 41.7 Å².